The van der Waals surface area contributed by atoms with Crippen molar-refractivity contribution >= 4 is 5.91 Å². The second kappa shape index (κ2) is 9.45. The van der Waals surface area contributed by atoms with Gasteiger partial charge < -0.3 is 4.90 Å². The maximum absolute atomic E-state index is 12.5. The molecule has 21 heavy (non-hydrogen) atoms. The van der Waals surface area contributed by atoms with Crippen molar-refractivity contribution < 1.29 is 4.79 Å². The average Bonchev–Trinajstić information content (AvgIpc) is 2.71. The fraction of sp³-hybridized carbons (Fsp3) is 0.944. The summed E-state index contributed by atoms with van der Waals surface area (Å²) in [5.74, 6) is 1.52. The molecule has 0 aromatic carbocycles. The van der Waals surface area contributed by atoms with Crippen molar-refractivity contribution in [1.29, 1.82) is 0 Å². The van der Waals surface area contributed by atoms with Crippen LogP contribution in [0, 0.1) is 11.8 Å². The van der Waals surface area contributed by atoms with Gasteiger partial charge in [0.15, 0.2) is 0 Å². The minimum atomic E-state index is 0.0301. The quantitative estimate of drug-likeness (QED) is 0.613. The second-order valence-corrected chi connectivity index (χ2v) is 7.32. The van der Waals surface area contributed by atoms with E-state index in [1.165, 1.54) is 25.7 Å². The number of rotatable bonds is 10. The molecule has 2 unspecified atom stereocenters. The fourth-order valence-electron chi connectivity index (χ4n) is 3.15. The molecule has 3 heteroatoms. The van der Waals surface area contributed by atoms with Crippen LogP contribution in [0.25, 0.3) is 0 Å². The largest absolute Gasteiger partial charge is 0.326 e. The van der Waals surface area contributed by atoms with Gasteiger partial charge in [-0.3, -0.25) is 10.1 Å². The SMILES string of the molecule is CCCC1NC(C(C)C)C(=O)N1CCCCCCC(C)C. The Morgan fingerprint density at radius 3 is 2.33 bits per heavy atom. The molecule has 0 aliphatic carbocycles. The molecule has 0 aromatic rings. The average molecular weight is 296 g/mol. The van der Waals surface area contributed by atoms with Gasteiger partial charge in [-0.25, -0.2) is 0 Å². The second-order valence-electron chi connectivity index (χ2n) is 7.32. The molecule has 1 N–H and O–H groups in total. The summed E-state index contributed by atoms with van der Waals surface area (Å²) in [6.07, 6.45) is 8.83. The Labute approximate surface area is 131 Å². The first-order chi connectivity index (χ1) is 9.97. The fourth-order valence-corrected chi connectivity index (χ4v) is 3.15. The topological polar surface area (TPSA) is 32.3 Å². The van der Waals surface area contributed by atoms with Crippen LogP contribution in [0.5, 0.6) is 0 Å². The van der Waals surface area contributed by atoms with E-state index in [1.54, 1.807) is 0 Å². The molecule has 0 radical (unpaired) electrons. The summed E-state index contributed by atoms with van der Waals surface area (Å²) in [5.41, 5.74) is 0. The van der Waals surface area contributed by atoms with Crippen molar-refractivity contribution in [3.8, 4) is 0 Å². The normalized spacial score (nSPS) is 22.8. The molecule has 0 aromatic heterocycles. The van der Waals surface area contributed by atoms with Crippen LogP contribution >= 0.6 is 0 Å². The molecule has 0 spiro atoms. The summed E-state index contributed by atoms with van der Waals surface area (Å²) in [7, 11) is 0. The van der Waals surface area contributed by atoms with Gasteiger partial charge in [0, 0.05) is 6.54 Å². The zero-order valence-corrected chi connectivity index (χ0v) is 14.8. The first-order valence-corrected chi connectivity index (χ1v) is 9.03. The first-order valence-electron chi connectivity index (χ1n) is 9.03. The monoisotopic (exact) mass is 296 g/mol. The molecule has 1 rings (SSSR count). The molecule has 2 atom stereocenters. The van der Waals surface area contributed by atoms with Gasteiger partial charge in [-0.1, -0.05) is 66.7 Å². The standard InChI is InChI=1S/C18H36N2O/c1-6-11-16-19-17(15(4)5)18(21)20(16)13-10-8-7-9-12-14(2)3/h14-17,19H,6-13H2,1-5H3. The number of nitrogens with zero attached hydrogens (tertiary/aromatic N) is 1. The molecule has 1 saturated heterocycles. The predicted octanol–water partition coefficient (Wildman–Crippen LogP) is 4.18. The van der Waals surface area contributed by atoms with Crippen molar-refractivity contribution in [2.75, 3.05) is 6.54 Å². The van der Waals surface area contributed by atoms with Crippen molar-refractivity contribution in [1.82, 2.24) is 10.2 Å². The summed E-state index contributed by atoms with van der Waals surface area (Å²) >= 11 is 0. The summed E-state index contributed by atoms with van der Waals surface area (Å²) in [4.78, 5) is 14.6. The van der Waals surface area contributed by atoms with Crippen molar-refractivity contribution in [2.24, 2.45) is 11.8 Å². The number of nitrogens with one attached hydrogen (secondary N) is 1. The molecule has 1 aliphatic heterocycles. The Hall–Kier alpha value is -0.570. The summed E-state index contributed by atoms with van der Waals surface area (Å²) in [5, 5.41) is 3.53. The van der Waals surface area contributed by atoms with E-state index in [9.17, 15) is 4.79 Å². The van der Waals surface area contributed by atoms with Crippen LogP contribution in [0.1, 0.15) is 79.6 Å². The highest BCUT2D eigenvalue weighted by atomic mass is 16.2. The third-order valence-electron chi connectivity index (χ3n) is 4.46. The minimum Gasteiger partial charge on any atom is -0.326 e. The van der Waals surface area contributed by atoms with Crippen LogP contribution in [0.3, 0.4) is 0 Å². The van der Waals surface area contributed by atoms with E-state index in [0.29, 0.717) is 11.8 Å². The molecular weight excluding hydrogens is 260 g/mol. The molecule has 1 heterocycles. The van der Waals surface area contributed by atoms with E-state index < -0.39 is 0 Å². The molecule has 1 amide bonds. The van der Waals surface area contributed by atoms with Crippen molar-refractivity contribution in [3.63, 3.8) is 0 Å². The van der Waals surface area contributed by atoms with Gasteiger partial charge in [0.25, 0.3) is 0 Å². The number of carbonyl (C=O) groups is 1. The molecule has 1 aliphatic rings. The Bertz CT molecular complexity index is 302. The minimum absolute atomic E-state index is 0.0301. The third-order valence-corrected chi connectivity index (χ3v) is 4.46. The van der Waals surface area contributed by atoms with Gasteiger partial charge >= 0.3 is 0 Å². The Kier molecular flexibility index (Phi) is 8.31. The lowest BCUT2D eigenvalue weighted by molar-refractivity contribution is -0.130. The molecular formula is C18H36N2O. The number of hydrogen-bond donors (Lipinski definition) is 1. The van der Waals surface area contributed by atoms with E-state index in [0.717, 1.165) is 31.7 Å². The van der Waals surface area contributed by atoms with E-state index in [-0.39, 0.29) is 12.2 Å². The first kappa shape index (κ1) is 18.5. The molecule has 3 nitrogen and oxygen atoms in total. The zero-order valence-electron chi connectivity index (χ0n) is 14.8. The Morgan fingerprint density at radius 2 is 1.76 bits per heavy atom. The summed E-state index contributed by atoms with van der Waals surface area (Å²) in [6.45, 7) is 12.0. The third kappa shape index (κ3) is 5.98. The van der Waals surface area contributed by atoms with Crippen LogP contribution in [0.4, 0.5) is 0 Å². The van der Waals surface area contributed by atoms with Gasteiger partial charge in [0.05, 0.1) is 12.2 Å². The Balaban J connectivity index is 2.34. The van der Waals surface area contributed by atoms with Crippen molar-refractivity contribution in [2.45, 2.75) is 91.8 Å². The Morgan fingerprint density at radius 1 is 1.10 bits per heavy atom. The highest BCUT2D eigenvalue weighted by molar-refractivity contribution is 5.84. The van der Waals surface area contributed by atoms with Gasteiger partial charge in [0.1, 0.15) is 0 Å². The van der Waals surface area contributed by atoms with Crippen molar-refractivity contribution in [3.05, 3.63) is 0 Å². The molecule has 124 valence electrons. The van der Waals surface area contributed by atoms with Gasteiger partial charge in [-0.2, -0.15) is 0 Å². The molecule has 0 saturated carbocycles. The van der Waals surface area contributed by atoms with Crippen LogP contribution in [0.15, 0.2) is 0 Å². The van der Waals surface area contributed by atoms with E-state index in [2.05, 4.69) is 44.8 Å². The molecule has 1 fully saturated rings. The van der Waals surface area contributed by atoms with Gasteiger partial charge in [-0.15, -0.1) is 0 Å². The molecule has 0 bridgehead atoms. The zero-order chi connectivity index (χ0) is 15.8. The van der Waals surface area contributed by atoms with E-state index in [4.69, 9.17) is 0 Å². The van der Waals surface area contributed by atoms with Crippen LogP contribution < -0.4 is 5.32 Å². The van der Waals surface area contributed by atoms with Gasteiger partial charge in [0.2, 0.25) is 5.91 Å². The number of hydrogen-bond acceptors (Lipinski definition) is 2. The highest BCUT2D eigenvalue weighted by Crippen LogP contribution is 2.21. The lowest BCUT2D eigenvalue weighted by atomic mass is 10.0. The van der Waals surface area contributed by atoms with Crippen LogP contribution in [0.2, 0.25) is 0 Å². The van der Waals surface area contributed by atoms with Crippen LogP contribution in [-0.4, -0.2) is 29.6 Å². The lowest BCUT2D eigenvalue weighted by Crippen LogP contribution is -2.38. The number of unbranched alkanes of at least 4 members (excludes halogenated alkanes) is 3. The maximum Gasteiger partial charge on any atom is 0.241 e. The van der Waals surface area contributed by atoms with Crippen LogP contribution in [-0.2, 0) is 4.79 Å². The highest BCUT2D eigenvalue weighted by Gasteiger charge is 2.39. The van der Waals surface area contributed by atoms with E-state index >= 15 is 0 Å². The van der Waals surface area contributed by atoms with E-state index in [1.807, 2.05) is 0 Å². The number of carbonyl (C=O) groups excluding carboxylic acids is 1. The van der Waals surface area contributed by atoms with Gasteiger partial charge in [-0.05, 0) is 24.7 Å². The number of amides is 1. The summed E-state index contributed by atoms with van der Waals surface area (Å²) in [6, 6.07) is 0.0301. The predicted molar refractivity (Wildman–Crippen MR) is 90.1 cm³/mol. The smallest absolute Gasteiger partial charge is 0.241 e. The summed E-state index contributed by atoms with van der Waals surface area (Å²) < 4.78 is 0. The lowest BCUT2D eigenvalue weighted by Gasteiger charge is -2.23. The maximum atomic E-state index is 12.5.